The van der Waals surface area contributed by atoms with Gasteiger partial charge >= 0.3 is 6.03 Å². The summed E-state index contributed by atoms with van der Waals surface area (Å²) in [5, 5.41) is 15.4. The van der Waals surface area contributed by atoms with Gasteiger partial charge in [-0.3, -0.25) is 0 Å². The van der Waals surface area contributed by atoms with Crippen molar-refractivity contribution in [2.24, 2.45) is 0 Å². The maximum absolute atomic E-state index is 13.5. The second-order valence-electron chi connectivity index (χ2n) is 5.87. The number of carbonyl (C=O) groups excluding carboxylic acids is 1. The van der Waals surface area contributed by atoms with Crippen LogP contribution in [-0.2, 0) is 12.1 Å². The smallest absolute Gasteiger partial charge is 0.315 e. The zero-order valence-electron chi connectivity index (χ0n) is 13.7. The number of benzene rings is 1. The Morgan fingerprint density at radius 1 is 1.25 bits per heavy atom. The molecule has 0 fully saturated rings. The Morgan fingerprint density at radius 2 is 1.96 bits per heavy atom. The lowest BCUT2D eigenvalue weighted by atomic mass is 9.96. The third-order valence-electron chi connectivity index (χ3n) is 3.66. The molecule has 0 aliphatic heterocycles. The molecule has 5 nitrogen and oxygen atoms in total. The van der Waals surface area contributed by atoms with Crippen molar-refractivity contribution < 1.29 is 23.1 Å². The predicted octanol–water partition coefficient (Wildman–Crippen LogP) is 2.88. The molecule has 0 aliphatic rings. The average Bonchev–Trinajstić information content (AvgIpc) is 2.85. The van der Waals surface area contributed by atoms with Crippen molar-refractivity contribution in [3.8, 4) is 0 Å². The summed E-state index contributed by atoms with van der Waals surface area (Å²) in [7, 11) is 0. The lowest BCUT2D eigenvalue weighted by Gasteiger charge is -2.23. The molecule has 0 saturated heterocycles. The van der Waals surface area contributed by atoms with E-state index in [1.54, 1.807) is 26.8 Å². The van der Waals surface area contributed by atoms with E-state index < -0.39 is 23.3 Å². The third kappa shape index (κ3) is 4.32. The lowest BCUT2D eigenvalue weighted by molar-refractivity contribution is 0.0579. The fourth-order valence-corrected chi connectivity index (χ4v) is 2.43. The Labute approximate surface area is 138 Å². The molecule has 1 aromatic heterocycles. The molecular formula is C17H20F2N2O3. The number of amides is 2. The number of aliphatic hydroxyl groups is 1. The monoisotopic (exact) mass is 338 g/mol. The average molecular weight is 338 g/mol. The topological polar surface area (TPSA) is 74.5 Å². The number of halogens is 2. The first-order valence-electron chi connectivity index (χ1n) is 7.44. The van der Waals surface area contributed by atoms with Crippen LogP contribution in [0.1, 0.15) is 29.6 Å². The Balaban J connectivity index is 1.91. The fraction of sp³-hybridized carbons (Fsp3) is 0.353. The molecule has 2 aromatic rings. The summed E-state index contributed by atoms with van der Waals surface area (Å²) in [6.45, 7) is 4.81. The van der Waals surface area contributed by atoms with Crippen molar-refractivity contribution in [1.29, 1.82) is 0 Å². The summed E-state index contributed by atoms with van der Waals surface area (Å²) in [6, 6.07) is 4.13. The highest BCUT2D eigenvalue weighted by Gasteiger charge is 2.28. The Hall–Kier alpha value is -2.41. The summed E-state index contributed by atoms with van der Waals surface area (Å²) in [5.41, 5.74) is -0.696. The van der Waals surface area contributed by atoms with Gasteiger partial charge in [-0.25, -0.2) is 13.6 Å². The van der Waals surface area contributed by atoms with E-state index >= 15 is 0 Å². The van der Waals surface area contributed by atoms with Crippen LogP contribution in [0.5, 0.6) is 0 Å². The fourth-order valence-electron chi connectivity index (χ4n) is 2.43. The standard InChI is InChI=1S/C17H20F2N2O3/c1-10-6-14(11(2)24-10)17(3,23)9-21-16(22)20-8-12-7-13(18)4-5-15(12)19/h4-7,23H,8-9H2,1-3H3,(H2,20,21,22). The van der Waals surface area contributed by atoms with Crippen LogP contribution in [0, 0.1) is 25.5 Å². The van der Waals surface area contributed by atoms with E-state index in [0.29, 0.717) is 17.1 Å². The largest absolute Gasteiger partial charge is 0.466 e. The second kappa shape index (κ2) is 7.00. The van der Waals surface area contributed by atoms with E-state index in [1.807, 2.05) is 0 Å². The van der Waals surface area contributed by atoms with Crippen molar-refractivity contribution in [2.75, 3.05) is 6.54 Å². The van der Waals surface area contributed by atoms with E-state index in [2.05, 4.69) is 10.6 Å². The van der Waals surface area contributed by atoms with Gasteiger partial charge in [-0.2, -0.15) is 0 Å². The number of furan rings is 1. The van der Waals surface area contributed by atoms with Crippen LogP contribution in [0.4, 0.5) is 13.6 Å². The maximum atomic E-state index is 13.5. The van der Waals surface area contributed by atoms with E-state index in [4.69, 9.17) is 4.42 Å². The summed E-state index contributed by atoms with van der Waals surface area (Å²) in [6.07, 6.45) is 0. The number of hydrogen-bond acceptors (Lipinski definition) is 3. The van der Waals surface area contributed by atoms with Crippen LogP contribution in [-0.4, -0.2) is 17.7 Å². The molecule has 7 heteroatoms. The van der Waals surface area contributed by atoms with Gasteiger partial charge in [-0.1, -0.05) is 0 Å². The highest BCUT2D eigenvalue weighted by atomic mass is 19.1. The molecule has 1 atom stereocenters. The number of urea groups is 1. The van der Waals surface area contributed by atoms with Gasteiger partial charge in [0.1, 0.15) is 28.8 Å². The molecule has 3 N–H and O–H groups in total. The molecule has 2 rings (SSSR count). The van der Waals surface area contributed by atoms with Gasteiger partial charge in [-0.05, 0) is 45.0 Å². The summed E-state index contributed by atoms with van der Waals surface area (Å²) in [5.74, 6) is 0.0471. The molecular weight excluding hydrogens is 318 g/mol. The second-order valence-corrected chi connectivity index (χ2v) is 5.87. The number of hydrogen-bond donors (Lipinski definition) is 3. The Morgan fingerprint density at radius 3 is 2.58 bits per heavy atom. The Bertz CT molecular complexity index is 741. The lowest BCUT2D eigenvalue weighted by Crippen LogP contribution is -2.43. The maximum Gasteiger partial charge on any atom is 0.315 e. The zero-order chi connectivity index (χ0) is 17.9. The molecule has 0 spiro atoms. The van der Waals surface area contributed by atoms with E-state index in [1.165, 1.54) is 0 Å². The SMILES string of the molecule is Cc1cc(C(C)(O)CNC(=O)NCc2cc(F)ccc2F)c(C)o1. The molecule has 1 heterocycles. The number of carbonyl (C=O) groups is 1. The van der Waals surface area contributed by atoms with Gasteiger partial charge in [0.25, 0.3) is 0 Å². The van der Waals surface area contributed by atoms with E-state index in [-0.39, 0.29) is 18.7 Å². The van der Waals surface area contributed by atoms with Gasteiger partial charge in [0, 0.05) is 17.7 Å². The first-order chi connectivity index (χ1) is 11.2. The Kier molecular flexibility index (Phi) is 5.23. The minimum absolute atomic E-state index is 0.0400. The predicted molar refractivity (Wildman–Crippen MR) is 84.3 cm³/mol. The summed E-state index contributed by atoms with van der Waals surface area (Å²) in [4.78, 5) is 11.8. The molecule has 1 aromatic carbocycles. The summed E-state index contributed by atoms with van der Waals surface area (Å²) >= 11 is 0. The number of rotatable bonds is 5. The molecule has 2 amide bonds. The van der Waals surface area contributed by atoms with Gasteiger partial charge < -0.3 is 20.2 Å². The van der Waals surface area contributed by atoms with Crippen molar-refractivity contribution in [2.45, 2.75) is 32.9 Å². The van der Waals surface area contributed by atoms with Crippen molar-refractivity contribution in [3.05, 3.63) is 58.5 Å². The molecule has 0 saturated carbocycles. The minimum atomic E-state index is -1.32. The number of nitrogens with one attached hydrogen (secondary N) is 2. The van der Waals surface area contributed by atoms with Crippen LogP contribution >= 0.6 is 0 Å². The first-order valence-corrected chi connectivity index (χ1v) is 7.44. The molecule has 24 heavy (non-hydrogen) atoms. The molecule has 0 radical (unpaired) electrons. The summed E-state index contributed by atoms with van der Waals surface area (Å²) < 4.78 is 31.9. The van der Waals surface area contributed by atoms with Crippen LogP contribution in [0.3, 0.4) is 0 Å². The van der Waals surface area contributed by atoms with Crippen molar-refractivity contribution in [1.82, 2.24) is 10.6 Å². The van der Waals surface area contributed by atoms with E-state index in [0.717, 1.165) is 18.2 Å². The van der Waals surface area contributed by atoms with Gasteiger partial charge in [0.05, 0.1) is 6.54 Å². The van der Waals surface area contributed by atoms with Gasteiger partial charge in [-0.15, -0.1) is 0 Å². The molecule has 0 bridgehead atoms. The zero-order valence-corrected chi connectivity index (χ0v) is 13.7. The quantitative estimate of drug-likeness (QED) is 0.785. The van der Waals surface area contributed by atoms with Crippen molar-refractivity contribution >= 4 is 6.03 Å². The van der Waals surface area contributed by atoms with Crippen LogP contribution < -0.4 is 10.6 Å². The third-order valence-corrected chi connectivity index (χ3v) is 3.66. The molecule has 130 valence electrons. The van der Waals surface area contributed by atoms with Crippen molar-refractivity contribution in [3.63, 3.8) is 0 Å². The highest BCUT2D eigenvalue weighted by molar-refractivity contribution is 5.73. The number of aryl methyl sites for hydroxylation is 2. The van der Waals surface area contributed by atoms with Crippen LogP contribution in [0.2, 0.25) is 0 Å². The first kappa shape index (κ1) is 17.9. The molecule has 0 aliphatic carbocycles. The molecule has 1 unspecified atom stereocenters. The van der Waals surface area contributed by atoms with E-state index in [9.17, 15) is 18.7 Å². The highest BCUT2D eigenvalue weighted by Crippen LogP contribution is 2.26. The van der Waals surface area contributed by atoms with Crippen LogP contribution in [0.15, 0.2) is 28.7 Å². The van der Waals surface area contributed by atoms with Gasteiger partial charge in [0.15, 0.2) is 0 Å². The minimum Gasteiger partial charge on any atom is -0.466 e. The van der Waals surface area contributed by atoms with Crippen LogP contribution in [0.25, 0.3) is 0 Å². The normalized spacial score (nSPS) is 13.4. The van der Waals surface area contributed by atoms with Gasteiger partial charge in [0.2, 0.25) is 0 Å².